The molecule has 0 aliphatic carbocycles. The highest BCUT2D eigenvalue weighted by atomic mass is 32.1. The molecule has 2 aromatic rings. The number of nitrogens with zero attached hydrogens (tertiary/aromatic N) is 3. The highest BCUT2D eigenvalue weighted by Gasteiger charge is 2.28. The number of likely N-dealkylation sites (tertiary alicyclic amines) is 1. The summed E-state index contributed by atoms with van der Waals surface area (Å²) in [6.45, 7) is 1.30. The van der Waals surface area contributed by atoms with Crippen LogP contribution in [-0.2, 0) is 16.0 Å². The Morgan fingerprint density at radius 2 is 1.88 bits per heavy atom. The van der Waals surface area contributed by atoms with E-state index in [0.717, 1.165) is 29.1 Å². The van der Waals surface area contributed by atoms with E-state index in [9.17, 15) is 9.59 Å². The first-order valence-corrected chi connectivity index (χ1v) is 9.41. The predicted molar refractivity (Wildman–Crippen MR) is 99.3 cm³/mol. The highest BCUT2D eigenvalue weighted by Crippen LogP contribution is 2.24. The van der Waals surface area contributed by atoms with Gasteiger partial charge in [0.1, 0.15) is 5.01 Å². The molecule has 1 aromatic heterocycles. The normalized spacial score (nSPS) is 15.2. The van der Waals surface area contributed by atoms with Gasteiger partial charge in [0.2, 0.25) is 11.8 Å². The molecular formula is C19H23N3O2S. The Kier molecular flexibility index (Phi) is 5.48. The van der Waals surface area contributed by atoms with E-state index in [0.29, 0.717) is 19.5 Å². The maximum atomic E-state index is 12.5. The Morgan fingerprint density at radius 1 is 1.20 bits per heavy atom. The van der Waals surface area contributed by atoms with Gasteiger partial charge in [0.15, 0.2) is 0 Å². The molecule has 1 aliphatic rings. The van der Waals surface area contributed by atoms with Crippen LogP contribution in [0.2, 0.25) is 0 Å². The van der Waals surface area contributed by atoms with E-state index >= 15 is 0 Å². The zero-order valence-electron chi connectivity index (χ0n) is 14.6. The second kappa shape index (κ2) is 7.78. The van der Waals surface area contributed by atoms with Crippen molar-refractivity contribution in [2.45, 2.75) is 19.3 Å². The van der Waals surface area contributed by atoms with Crippen molar-refractivity contribution in [2.24, 2.45) is 5.92 Å². The van der Waals surface area contributed by atoms with Gasteiger partial charge < -0.3 is 9.80 Å². The summed E-state index contributed by atoms with van der Waals surface area (Å²) < 4.78 is 0. The molecule has 1 fully saturated rings. The number of aromatic nitrogens is 1. The minimum Gasteiger partial charge on any atom is -0.349 e. The van der Waals surface area contributed by atoms with Crippen LogP contribution < -0.4 is 0 Å². The van der Waals surface area contributed by atoms with E-state index < -0.39 is 0 Å². The third-order valence-corrected chi connectivity index (χ3v) is 5.48. The molecule has 0 unspecified atom stereocenters. The minimum atomic E-state index is 0.0444. The smallest absolute Gasteiger partial charge is 0.228 e. The second-order valence-corrected chi connectivity index (χ2v) is 7.43. The summed E-state index contributed by atoms with van der Waals surface area (Å²) in [5, 5.41) is 2.90. The maximum Gasteiger partial charge on any atom is 0.228 e. The Hall–Kier alpha value is -2.21. The van der Waals surface area contributed by atoms with Crippen LogP contribution in [0.5, 0.6) is 0 Å². The van der Waals surface area contributed by atoms with E-state index in [1.54, 1.807) is 30.3 Å². The summed E-state index contributed by atoms with van der Waals surface area (Å²) in [7, 11) is 3.57. The number of rotatable bonds is 4. The standard InChI is InChI=1S/C19H23N3O2S/c1-21(2)19(24)15-8-10-22(11-9-15)17(23)12-16-13-25-18(20-16)14-6-4-3-5-7-14/h3-7,13,15H,8-12H2,1-2H3. The monoisotopic (exact) mass is 357 g/mol. The van der Waals surface area contributed by atoms with E-state index in [4.69, 9.17) is 0 Å². The van der Waals surface area contributed by atoms with Gasteiger partial charge in [-0.3, -0.25) is 9.59 Å². The molecule has 0 saturated carbocycles. The van der Waals surface area contributed by atoms with Gasteiger partial charge in [-0.25, -0.2) is 4.98 Å². The van der Waals surface area contributed by atoms with Crippen molar-refractivity contribution in [3.05, 3.63) is 41.4 Å². The van der Waals surface area contributed by atoms with Crippen LogP contribution in [0.4, 0.5) is 0 Å². The summed E-state index contributed by atoms with van der Waals surface area (Å²) in [6, 6.07) is 10.0. The molecule has 6 heteroatoms. The average molecular weight is 357 g/mol. The molecule has 0 bridgehead atoms. The third kappa shape index (κ3) is 4.25. The summed E-state index contributed by atoms with van der Waals surface area (Å²) in [5.74, 6) is 0.308. The molecule has 0 atom stereocenters. The summed E-state index contributed by atoms with van der Waals surface area (Å²) >= 11 is 1.57. The summed E-state index contributed by atoms with van der Waals surface area (Å²) in [5.41, 5.74) is 1.90. The minimum absolute atomic E-state index is 0.0444. The topological polar surface area (TPSA) is 53.5 Å². The SMILES string of the molecule is CN(C)C(=O)C1CCN(C(=O)Cc2csc(-c3ccccc3)n2)CC1. The Labute approximate surface area is 152 Å². The molecule has 2 heterocycles. The van der Waals surface area contributed by atoms with Crippen LogP contribution in [0.3, 0.4) is 0 Å². The lowest BCUT2D eigenvalue weighted by atomic mass is 9.95. The van der Waals surface area contributed by atoms with Crippen LogP contribution in [0.1, 0.15) is 18.5 Å². The molecule has 1 aromatic carbocycles. The first-order valence-electron chi connectivity index (χ1n) is 8.53. The van der Waals surface area contributed by atoms with E-state index in [-0.39, 0.29) is 17.7 Å². The second-order valence-electron chi connectivity index (χ2n) is 6.57. The zero-order valence-corrected chi connectivity index (χ0v) is 15.5. The number of piperidine rings is 1. The molecular weight excluding hydrogens is 334 g/mol. The van der Waals surface area contributed by atoms with Crippen LogP contribution in [-0.4, -0.2) is 53.8 Å². The Morgan fingerprint density at radius 3 is 2.52 bits per heavy atom. The highest BCUT2D eigenvalue weighted by molar-refractivity contribution is 7.13. The van der Waals surface area contributed by atoms with Crippen LogP contribution in [0.25, 0.3) is 10.6 Å². The van der Waals surface area contributed by atoms with Crippen LogP contribution in [0, 0.1) is 5.92 Å². The van der Waals surface area contributed by atoms with Gasteiger partial charge in [-0.15, -0.1) is 11.3 Å². The van der Waals surface area contributed by atoms with Gasteiger partial charge in [0, 0.05) is 44.0 Å². The quantitative estimate of drug-likeness (QED) is 0.845. The number of thiazole rings is 1. The number of benzene rings is 1. The first kappa shape index (κ1) is 17.6. The van der Waals surface area contributed by atoms with Crippen molar-refractivity contribution in [1.29, 1.82) is 0 Å². The van der Waals surface area contributed by atoms with Crippen molar-refractivity contribution in [2.75, 3.05) is 27.2 Å². The van der Waals surface area contributed by atoms with Crippen LogP contribution in [0.15, 0.2) is 35.7 Å². The average Bonchev–Trinajstić information content (AvgIpc) is 3.10. The fourth-order valence-electron chi connectivity index (χ4n) is 3.11. The first-order chi connectivity index (χ1) is 12.0. The van der Waals surface area contributed by atoms with Gasteiger partial charge in [0.05, 0.1) is 12.1 Å². The molecule has 1 aliphatic heterocycles. The molecule has 0 radical (unpaired) electrons. The Balaban J connectivity index is 1.55. The predicted octanol–water partition coefficient (Wildman–Crippen LogP) is 2.68. The maximum absolute atomic E-state index is 12.5. The van der Waals surface area contributed by atoms with Gasteiger partial charge in [-0.2, -0.15) is 0 Å². The van der Waals surface area contributed by atoms with Crippen molar-refractivity contribution in [3.63, 3.8) is 0 Å². The molecule has 1 saturated heterocycles. The molecule has 3 rings (SSSR count). The molecule has 25 heavy (non-hydrogen) atoms. The van der Waals surface area contributed by atoms with Crippen molar-refractivity contribution >= 4 is 23.2 Å². The summed E-state index contributed by atoms with van der Waals surface area (Å²) in [6.07, 6.45) is 1.82. The molecule has 0 spiro atoms. The lowest BCUT2D eigenvalue weighted by molar-refractivity contribution is -0.138. The molecule has 0 N–H and O–H groups in total. The largest absolute Gasteiger partial charge is 0.349 e. The van der Waals surface area contributed by atoms with E-state index in [1.165, 1.54) is 0 Å². The lowest BCUT2D eigenvalue weighted by Crippen LogP contribution is -2.43. The molecule has 5 nitrogen and oxygen atoms in total. The Bertz CT molecular complexity index is 734. The van der Waals surface area contributed by atoms with Crippen LogP contribution >= 0.6 is 11.3 Å². The van der Waals surface area contributed by atoms with Gasteiger partial charge in [-0.05, 0) is 12.8 Å². The van der Waals surface area contributed by atoms with Gasteiger partial charge >= 0.3 is 0 Å². The van der Waals surface area contributed by atoms with Gasteiger partial charge in [0.25, 0.3) is 0 Å². The zero-order chi connectivity index (χ0) is 17.8. The fourth-order valence-corrected chi connectivity index (χ4v) is 3.94. The van der Waals surface area contributed by atoms with E-state index in [1.807, 2.05) is 40.6 Å². The van der Waals surface area contributed by atoms with Crippen molar-refractivity contribution in [1.82, 2.24) is 14.8 Å². The number of amides is 2. The number of hydrogen-bond acceptors (Lipinski definition) is 4. The lowest BCUT2D eigenvalue weighted by Gasteiger charge is -2.32. The van der Waals surface area contributed by atoms with E-state index in [2.05, 4.69) is 4.98 Å². The number of carbonyl (C=O) groups excluding carboxylic acids is 2. The number of carbonyl (C=O) groups is 2. The van der Waals surface area contributed by atoms with Gasteiger partial charge in [-0.1, -0.05) is 30.3 Å². The molecule has 132 valence electrons. The van der Waals surface area contributed by atoms with Crippen molar-refractivity contribution < 1.29 is 9.59 Å². The third-order valence-electron chi connectivity index (χ3n) is 4.54. The fraction of sp³-hybridized carbons (Fsp3) is 0.421. The summed E-state index contributed by atoms with van der Waals surface area (Å²) in [4.78, 5) is 32.6. The number of hydrogen-bond donors (Lipinski definition) is 0. The molecule has 2 amide bonds. The van der Waals surface area contributed by atoms with Crippen molar-refractivity contribution in [3.8, 4) is 10.6 Å².